The van der Waals surface area contributed by atoms with Crippen LogP contribution in [0.3, 0.4) is 0 Å². The lowest BCUT2D eigenvalue weighted by Crippen LogP contribution is -2.23. The number of rotatable bonds is 7. The van der Waals surface area contributed by atoms with Crippen LogP contribution in [0.1, 0.15) is 36.5 Å². The minimum absolute atomic E-state index is 0.0844. The molecule has 0 unspecified atom stereocenters. The van der Waals surface area contributed by atoms with Crippen molar-refractivity contribution in [2.75, 3.05) is 11.1 Å². The fourth-order valence-corrected chi connectivity index (χ4v) is 4.63. The Bertz CT molecular complexity index is 1530. The highest BCUT2D eigenvalue weighted by Gasteiger charge is 2.19. The van der Waals surface area contributed by atoms with Gasteiger partial charge in [0, 0.05) is 6.07 Å². The topological polar surface area (TPSA) is 107 Å². The number of carbonyl (C=O) groups excluding carboxylic acids is 1. The van der Waals surface area contributed by atoms with E-state index < -0.39 is 10.8 Å². The third-order valence-electron chi connectivity index (χ3n) is 5.98. The van der Waals surface area contributed by atoms with Crippen LogP contribution < -0.4 is 10.9 Å². The van der Waals surface area contributed by atoms with E-state index >= 15 is 0 Å². The molecule has 0 atom stereocenters. The van der Waals surface area contributed by atoms with E-state index in [1.165, 1.54) is 10.6 Å². The van der Waals surface area contributed by atoms with Crippen molar-refractivity contribution >= 4 is 39.9 Å². The van der Waals surface area contributed by atoms with Crippen molar-refractivity contribution in [1.29, 1.82) is 0 Å². The molecule has 0 aliphatic carbocycles. The molecule has 36 heavy (non-hydrogen) atoms. The predicted octanol–water partition coefficient (Wildman–Crippen LogP) is 5.76. The number of aryl methyl sites for hydroxylation is 2. The second kappa shape index (κ2) is 10.3. The van der Waals surface area contributed by atoms with Crippen LogP contribution in [0.5, 0.6) is 0 Å². The van der Waals surface area contributed by atoms with Gasteiger partial charge in [-0.25, -0.2) is 4.98 Å². The fourth-order valence-electron chi connectivity index (χ4n) is 3.81. The molecule has 0 aliphatic heterocycles. The molecule has 0 radical (unpaired) electrons. The highest BCUT2D eigenvalue weighted by Crippen LogP contribution is 2.29. The molecule has 1 N–H and O–H groups in total. The van der Waals surface area contributed by atoms with Crippen molar-refractivity contribution in [3.63, 3.8) is 0 Å². The van der Waals surface area contributed by atoms with Crippen molar-refractivity contribution in [1.82, 2.24) is 9.55 Å². The van der Waals surface area contributed by atoms with Gasteiger partial charge in [-0.3, -0.25) is 24.3 Å². The number of amides is 1. The number of para-hydroxylation sites is 1. The second-order valence-corrected chi connectivity index (χ2v) is 9.79. The summed E-state index contributed by atoms with van der Waals surface area (Å²) in [6, 6.07) is 17.8. The highest BCUT2D eigenvalue weighted by molar-refractivity contribution is 7.99. The zero-order valence-electron chi connectivity index (χ0n) is 20.4. The summed E-state index contributed by atoms with van der Waals surface area (Å²) in [7, 11) is 0. The molecule has 4 aromatic rings. The first-order valence-corrected chi connectivity index (χ1v) is 12.4. The zero-order chi connectivity index (χ0) is 26.0. The van der Waals surface area contributed by atoms with Crippen LogP contribution in [0, 0.1) is 24.0 Å². The number of nitrogens with zero attached hydrogens (tertiary/aromatic N) is 3. The van der Waals surface area contributed by atoms with Gasteiger partial charge in [-0.15, -0.1) is 0 Å². The molecule has 0 spiro atoms. The molecular weight excluding hydrogens is 476 g/mol. The number of nitrogens with one attached hydrogen (secondary N) is 1. The Balaban J connectivity index is 1.67. The molecule has 184 valence electrons. The van der Waals surface area contributed by atoms with Crippen molar-refractivity contribution in [3.05, 3.63) is 97.8 Å². The summed E-state index contributed by atoms with van der Waals surface area (Å²) in [6.45, 7) is 7.80. The molecule has 4 rings (SSSR count). The maximum absolute atomic E-state index is 13.4. The molecule has 1 amide bonds. The van der Waals surface area contributed by atoms with Crippen LogP contribution >= 0.6 is 11.8 Å². The van der Waals surface area contributed by atoms with Gasteiger partial charge in [0.25, 0.3) is 11.2 Å². The van der Waals surface area contributed by atoms with Gasteiger partial charge in [-0.1, -0.05) is 49.9 Å². The molecule has 0 saturated heterocycles. The van der Waals surface area contributed by atoms with Gasteiger partial charge in [-0.2, -0.15) is 0 Å². The van der Waals surface area contributed by atoms with Crippen LogP contribution in [-0.4, -0.2) is 26.1 Å². The lowest BCUT2D eigenvalue weighted by atomic mass is 10.0. The minimum Gasteiger partial charge on any atom is -0.320 e. The Morgan fingerprint density at radius 3 is 2.42 bits per heavy atom. The van der Waals surface area contributed by atoms with Gasteiger partial charge < -0.3 is 5.32 Å². The summed E-state index contributed by atoms with van der Waals surface area (Å²) < 4.78 is 1.50. The van der Waals surface area contributed by atoms with Gasteiger partial charge in [-0.05, 0) is 66.8 Å². The average molecular weight is 503 g/mol. The molecular formula is C27H26N4O4S. The van der Waals surface area contributed by atoms with Crippen LogP contribution in [0.15, 0.2) is 70.6 Å². The molecule has 1 aromatic heterocycles. The number of thioether (sulfide) groups is 1. The highest BCUT2D eigenvalue weighted by atomic mass is 32.2. The Hall–Kier alpha value is -3.98. The summed E-state index contributed by atoms with van der Waals surface area (Å²) in [4.78, 5) is 41.8. The minimum atomic E-state index is -0.515. The predicted molar refractivity (Wildman–Crippen MR) is 143 cm³/mol. The largest absolute Gasteiger partial charge is 0.320 e. The first-order chi connectivity index (χ1) is 17.2. The van der Waals surface area contributed by atoms with E-state index in [0.29, 0.717) is 27.7 Å². The van der Waals surface area contributed by atoms with Crippen LogP contribution in [0.2, 0.25) is 0 Å². The van der Waals surface area contributed by atoms with E-state index in [1.54, 1.807) is 37.3 Å². The molecule has 0 bridgehead atoms. The van der Waals surface area contributed by atoms with Crippen molar-refractivity contribution < 1.29 is 9.72 Å². The van der Waals surface area contributed by atoms with E-state index in [-0.39, 0.29) is 22.7 Å². The Labute approximate surface area is 212 Å². The molecule has 0 fully saturated rings. The fraction of sp³-hybridized carbons (Fsp3) is 0.222. The van der Waals surface area contributed by atoms with E-state index in [9.17, 15) is 19.7 Å². The maximum Gasteiger partial charge on any atom is 0.293 e. The van der Waals surface area contributed by atoms with Gasteiger partial charge in [0.1, 0.15) is 5.69 Å². The SMILES string of the molecule is Cc1cc(NC(=O)CSc2nc3ccccc3c(=O)n2-c2ccc(C(C)C)cc2)c([N+](=O)[O-])cc1C. The third-order valence-corrected chi connectivity index (χ3v) is 6.92. The molecule has 1 heterocycles. The molecule has 3 aromatic carbocycles. The number of anilines is 1. The average Bonchev–Trinajstić information content (AvgIpc) is 2.85. The van der Waals surface area contributed by atoms with Crippen molar-refractivity contribution in [3.8, 4) is 5.69 Å². The third kappa shape index (κ3) is 5.16. The molecule has 9 heteroatoms. The Morgan fingerprint density at radius 1 is 1.08 bits per heavy atom. The summed E-state index contributed by atoms with van der Waals surface area (Å²) in [5.41, 5.74) is 3.67. The van der Waals surface area contributed by atoms with E-state index in [1.807, 2.05) is 31.2 Å². The van der Waals surface area contributed by atoms with Crippen LogP contribution in [0.4, 0.5) is 11.4 Å². The number of aromatic nitrogens is 2. The first-order valence-electron chi connectivity index (χ1n) is 11.5. The number of benzene rings is 3. The lowest BCUT2D eigenvalue weighted by Gasteiger charge is -2.14. The maximum atomic E-state index is 13.4. The number of hydrogen-bond donors (Lipinski definition) is 1. The first kappa shape index (κ1) is 25.1. The van der Waals surface area contributed by atoms with Crippen molar-refractivity contribution in [2.45, 2.75) is 38.8 Å². The van der Waals surface area contributed by atoms with Gasteiger partial charge in [0.05, 0.1) is 27.3 Å². The van der Waals surface area contributed by atoms with Gasteiger partial charge >= 0.3 is 0 Å². The summed E-state index contributed by atoms with van der Waals surface area (Å²) in [6.07, 6.45) is 0. The monoisotopic (exact) mass is 502 g/mol. The molecule has 0 saturated carbocycles. The number of nitro groups is 1. The second-order valence-electron chi connectivity index (χ2n) is 8.85. The standard InChI is InChI=1S/C27H26N4O4S/c1-16(2)19-9-11-20(12-10-19)30-26(33)21-7-5-6-8-22(21)29-27(30)36-15-25(32)28-23-13-17(3)18(4)14-24(23)31(34)35/h5-14,16H,15H2,1-4H3,(H,28,32). The van der Waals surface area contributed by atoms with Gasteiger partial charge in [0.2, 0.25) is 5.91 Å². The van der Waals surface area contributed by atoms with Crippen LogP contribution in [0.25, 0.3) is 16.6 Å². The summed E-state index contributed by atoms with van der Waals surface area (Å²) >= 11 is 1.10. The van der Waals surface area contributed by atoms with E-state index in [2.05, 4.69) is 24.1 Å². The summed E-state index contributed by atoms with van der Waals surface area (Å²) in [5.74, 6) is -0.174. The lowest BCUT2D eigenvalue weighted by molar-refractivity contribution is -0.384. The smallest absolute Gasteiger partial charge is 0.293 e. The van der Waals surface area contributed by atoms with Gasteiger partial charge in [0.15, 0.2) is 5.16 Å². The van der Waals surface area contributed by atoms with E-state index in [0.717, 1.165) is 28.5 Å². The zero-order valence-corrected chi connectivity index (χ0v) is 21.3. The Morgan fingerprint density at radius 2 is 1.75 bits per heavy atom. The Kier molecular flexibility index (Phi) is 7.21. The quantitative estimate of drug-likeness (QED) is 0.149. The molecule has 0 aliphatic rings. The molecule has 8 nitrogen and oxygen atoms in total. The number of carbonyl (C=O) groups is 1. The van der Waals surface area contributed by atoms with Crippen molar-refractivity contribution in [2.24, 2.45) is 0 Å². The number of hydrogen-bond acceptors (Lipinski definition) is 6. The van der Waals surface area contributed by atoms with E-state index in [4.69, 9.17) is 0 Å². The number of nitro benzene ring substituents is 1. The number of fused-ring (bicyclic) bond motifs is 1. The van der Waals surface area contributed by atoms with Crippen LogP contribution in [-0.2, 0) is 4.79 Å². The summed E-state index contributed by atoms with van der Waals surface area (Å²) in [5, 5.41) is 15.0. The normalized spacial score (nSPS) is 11.1.